The van der Waals surface area contributed by atoms with Gasteiger partial charge in [0.2, 0.25) is 5.91 Å². The van der Waals surface area contributed by atoms with Crippen LogP contribution in [-0.4, -0.2) is 54.4 Å². The Morgan fingerprint density at radius 3 is 2.55 bits per heavy atom. The number of likely N-dealkylation sites (tertiary alicyclic amines) is 1. The Kier molecular flexibility index (Phi) is 7.46. The molecule has 0 aromatic heterocycles. The van der Waals surface area contributed by atoms with Gasteiger partial charge in [0.25, 0.3) is 0 Å². The van der Waals surface area contributed by atoms with Crippen LogP contribution >= 0.6 is 0 Å². The first-order chi connectivity index (χ1) is 14.7. The molecule has 1 aliphatic heterocycles. The Morgan fingerprint density at radius 2 is 1.87 bits per heavy atom. The Balaban J connectivity index is 1.50. The van der Waals surface area contributed by atoms with E-state index >= 15 is 0 Å². The molecular weight excluding hydrogens is 406 g/mol. The van der Waals surface area contributed by atoms with Crippen LogP contribution in [0.5, 0.6) is 11.5 Å². The number of anilines is 1. The van der Waals surface area contributed by atoms with Crippen molar-refractivity contribution >= 4 is 11.6 Å². The van der Waals surface area contributed by atoms with Crippen molar-refractivity contribution in [2.24, 2.45) is 0 Å². The number of piperidine rings is 1. The molecule has 1 saturated heterocycles. The number of hydrogen-bond acceptors (Lipinski definition) is 5. The van der Waals surface area contributed by atoms with Crippen LogP contribution in [0.1, 0.15) is 24.0 Å². The van der Waals surface area contributed by atoms with Crippen LogP contribution in [0.4, 0.5) is 14.5 Å². The first kappa shape index (κ1) is 23.0. The maximum atomic E-state index is 12.4. The quantitative estimate of drug-likeness (QED) is 0.662. The SMILES string of the molecule is Cc1ccc(OCC2(O)CCCN(CC(=O)Nc3ccc(OC(F)F)cc3)C2)cc1C. The molecule has 1 atom stereocenters. The summed E-state index contributed by atoms with van der Waals surface area (Å²) in [5, 5.41) is 13.7. The van der Waals surface area contributed by atoms with E-state index in [0.717, 1.165) is 12.0 Å². The number of benzene rings is 2. The number of carbonyl (C=O) groups excluding carboxylic acids is 1. The lowest BCUT2D eigenvalue weighted by molar-refractivity contribution is -0.119. The van der Waals surface area contributed by atoms with Crippen molar-refractivity contribution in [2.75, 3.05) is 31.6 Å². The normalized spacial score (nSPS) is 19.3. The van der Waals surface area contributed by atoms with Crippen LogP contribution < -0.4 is 14.8 Å². The van der Waals surface area contributed by atoms with Crippen molar-refractivity contribution in [3.05, 3.63) is 53.6 Å². The zero-order valence-electron chi connectivity index (χ0n) is 17.7. The van der Waals surface area contributed by atoms with E-state index < -0.39 is 12.2 Å². The third-order valence-corrected chi connectivity index (χ3v) is 5.35. The lowest BCUT2D eigenvalue weighted by atomic mass is 9.93. The average Bonchev–Trinajstić information content (AvgIpc) is 2.70. The maximum absolute atomic E-state index is 12.4. The van der Waals surface area contributed by atoms with Crippen molar-refractivity contribution in [1.29, 1.82) is 0 Å². The van der Waals surface area contributed by atoms with E-state index in [1.54, 1.807) is 0 Å². The number of amides is 1. The van der Waals surface area contributed by atoms with Crippen LogP contribution in [0.3, 0.4) is 0 Å². The molecule has 1 fully saturated rings. The third kappa shape index (κ3) is 6.90. The predicted molar refractivity (Wildman–Crippen MR) is 114 cm³/mol. The summed E-state index contributed by atoms with van der Waals surface area (Å²) in [5.41, 5.74) is 1.75. The number of aliphatic hydroxyl groups is 1. The van der Waals surface area contributed by atoms with Gasteiger partial charge < -0.3 is 19.9 Å². The fourth-order valence-corrected chi connectivity index (χ4v) is 3.60. The zero-order valence-corrected chi connectivity index (χ0v) is 17.7. The van der Waals surface area contributed by atoms with Crippen LogP contribution in [0.2, 0.25) is 0 Å². The summed E-state index contributed by atoms with van der Waals surface area (Å²) in [6.45, 7) is 2.43. The number of aryl methyl sites for hydroxylation is 2. The summed E-state index contributed by atoms with van der Waals surface area (Å²) in [6, 6.07) is 11.6. The van der Waals surface area contributed by atoms with Gasteiger partial charge in [-0.25, -0.2) is 0 Å². The molecule has 31 heavy (non-hydrogen) atoms. The number of rotatable bonds is 8. The van der Waals surface area contributed by atoms with E-state index in [2.05, 4.69) is 10.1 Å². The molecule has 0 radical (unpaired) electrons. The molecule has 0 bridgehead atoms. The molecule has 2 aromatic rings. The summed E-state index contributed by atoms with van der Waals surface area (Å²) < 4.78 is 34.5. The lowest BCUT2D eigenvalue weighted by Gasteiger charge is -2.38. The van der Waals surface area contributed by atoms with Crippen molar-refractivity contribution in [1.82, 2.24) is 4.90 Å². The lowest BCUT2D eigenvalue weighted by Crippen LogP contribution is -2.53. The smallest absolute Gasteiger partial charge is 0.387 e. The fraction of sp³-hybridized carbons (Fsp3) is 0.435. The summed E-state index contributed by atoms with van der Waals surface area (Å²) in [7, 11) is 0. The minimum atomic E-state index is -2.89. The number of hydrogen-bond donors (Lipinski definition) is 2. The number of alkyl halides is 2. The van der Waals surface area contributed by atoms with E-state index in [4.69, 9.17) is 4.74 Å². The van der Waals surface area contributed by atoms with Gasteiger partial charge >= 0.3 is 6.61 Å². The van der Waals surface area contributed by atoms with Gasteiger partial charge in [-0.3, -0.25) is 9.69 Å². The second kappa shape index (κ2) is 10.1. The van der Waals surface area contributed by atoms with E-state index in [1.807, 2.05) is 36.9 Å². The molecule has 168 valence electrons. The van der Waals surface area contributed by atoms with Crippen molar-refractivity contribution in [2.45, 2.75) is 38.9 Å². The van der Waals surface area contributed by atoms with E-state index in [0.29, 0.717) is 30.9 Å². The van der Waals surface area contributed by atoms with Gasteiger partial charge in [-0.05, 0) is 80.8 Å². The molecule has 1 heterocycles. The van der Waals surface area contributed by atoms with Gasteiger partial charge in [0.15, 0.2) is 0 Å². The molecule has 1 unspecified atom stereocenters. The first-order valence-corrected chi connectivity index (χ1v) is 10.2. The van der Waals surface area contributed by atoms with Crippen LogP contribution in [0, 0.1) is 13.8 Å². The Morgan fingerprint density at radius 1 is 1.16 bits per heavy atom. The highest BCUT2D eigenvalue weighted by Gasteiger charge is 2.34. The van der Waals surface area contributed by atoms with E-state index in [-0.39, 0.29) is 24.8 Å². The van der Waals surface area contributed by atoms with Gasteiger partial charge in [-0.1, -0.05) is 6.07 Å². The molecular formula is C23H28F2N2O4. The Hall–Kier alpha value is -2.71. The van der Waals surface area contributed by atoms with E-state index in [9.17, 15) is 18.7 Å². The molecule has 0 spiro atoms. The van der Waals surface area contributed by atoms with Crippen molar-refractivity contribution < 1.29 is 28.2 Å². The number of β-amino-alcohol motifs (C(OH)–C–C–N with tert-alkyl or cyclic N) is 1. The van der Waals surface area contributed by atoms with Gasteiger partial charge in [0.1, 0.15) is 23.7 Å². The molecule has 2 N–H and O–H groups in total. The topological polar surface area (TPSA) is 71.0 Å². The molecule has 0 aliphatic carbocycles. The third-order valence-electron chi connectivity index (χ3n) is 5.35. The van der Waals surface area contributed by atoms with Crippen LogP contribution in [0.15, 0.2) is 42.5 Å². The Labute approximate surface area is 180 Å². The number of carbonyl (C=O) groups is 1. The molecule has 2 aromatic carbocycles. The molecule has 3 rings (SSSR count). The zero-order chi connectivity index (χ0) is 22.4. The Bertz CT molecular complexity index is 892. The van der Waals surface area contributed by atoms with Gasteiger partial charge in [-0.15, -0.1) is 0 Å². The molecule has 1 amide bonds. The predicted octanol–water partition coefficient (Wildman–Crippen LogP) is 3.75. The largest absolute Gasteiger partial charge is 0.491 e. The number of nitrogens with zero attached hydrogens (tertiary/aromatic N) is 1. The second-order valence-electron chi connectivity index (χ2n) is 8.02. The minimum Gasteiger partial charge on any atom is -0.491 e. The summed E-state index contributed by atoms with van der Waals surface area (Å²) in [6.07, 6.45) is 1.35. The highest BCUT2D eigenvalue weighted by Crippen LogP contribution is 2.24. The fourth-order valence-electron chi connectivity index (χ4n) is 3.60. The molecule has 6 nitrogen and oxygen atoms in total. The number of nitrogens with one attached hydrogen (secondary N) is 1. The average molecular weight is 434 g/mol. The summed E-state index contributed by atoms with van der Waals surface area (Å²) in [4.78, 5) is 14.3. The molecule has 1 aliphatic rings. The minimum absolute atomic E-state index is 0.0258. The van der Waals surface area contributed by atoms with Crippen LogP contribution in [0.25, 0.3) is 0 Å². The van der Waals surface area contributed by atoms with Gasteiger partial charge in [0.05, 0.1) is 6.54 Å². The second-order valence-corrected chi connectivity index (χ2v) is 8.02. The van der Waals surface area contributed by atoms with E-state index in [1.165, 1.54) is 29.8 Å². The maximum Gasteiger partial charge on any atom is 0.387 e. The van der Waals surface area contributed by atoms with Crippen LogP contribution in [-0.2, 0) is 4.79 Å². The number of ether oxygens (including phenoxy) is 2. The molecule has 0 saturated carbocycles. The van der Waals surface area contributed by atoms with Crippen molar-refractivity contribution in [3.63, 3.8) is 0 Å². The number of halogens is 2. The standard InChI is InChI=1S/C23H28F2N2O4/c1-16-4-7-20(12-17(16)2)30-15-23(29)10-3-11-27(14-23)13-21(28)26-18-5-8-19(9-6-18)31-22(24)25/h4-9,12,22,29H,3,10-11,13-15H2,1-2H3,(H,26,28). The van der Waals surface area contributed by atoms with Crippen molar-refractivity contribution in [3.8, 4) is 11.5 Å². The highest BCUT2D eigenvalue weighted by atomic mass is 19.3. The highest BCUT2D eigenvalue weighted by molar-refractivity contribution is 5.92. The van der Waals surface area contributed by atoms with Gasteiger partial charge in [0, 0.05) is 12.2 Å². The molecule has 8 heteroatoms. The monoisotopic (exact) mass is 434 g/mol. The van der Waals surface area contributed by atoms with Gasteiger partial charge in [-0.2, -0.15) is 8.78 Å². The first-order valence-electron chi connectivity index (χ1n) is 10.2. The summed E-state index contributed by atoms with van der Waals surface area (Å²) in [5.74, 6) is 0.491. The summed E-state index contributed by atoms with van der Waals surface area (Å²) >= 11 is 0.